The van der Waals surface area contributed by atoms with Crippen LogP contribution < -0.4 is 5.32 Å². The maximum Gasteiger partial charge on any atom is 0.508 e. The number of nitrogens with zero attached hydrogens (tertiary/aromatic N) is 1. The fraction of sp³-hybridized carbons (Fsp3) is 0.571. The molecule has 7 heteroatoms. The molecular weight excluding hydrogens is 208 g/mol. The molecule has 0 aromatic carbocycles. The second kappa shape index (κ2) is 3.41. The lowest BCUT2D eigenvalue weighted by molar-refractivity contribution is -0.125. The van der Waals surface area contributed by atoms with Crippen molar-refractivity contribution in [2.75, 3.05) is 19.7 Å². The van der Waals surface area contributed by atoms with Gasteiger partial charge in [0.05, 0.1) is 13.1 Å². The summed E-state index contributed by atoms with van der Waals surface area (Å²) in [5.41, 5.74) is 0. The van der Waals surface area contributed by atoms with E-state index in [2.05, 4.69) is 10.1 Å². The Bertz CT molecular complexity index is 290. The molecule has 1 unspecified atom stereocenters. The smallest absolute Gasteiger partial charge is 0.430 e. The molecule has 1 N–H and O–H groups in total. The highest BCUT2D eigenvalue weighted by Crippen LogP contribution is 2.10. The van der Waals surface area contributed by atoms with E-state index in [4.69, 9.17) is 17.0 Å². The van der Waals surface area contributed by atoms with Crippen molar-refractivity contribution in [1.29, 1.82) is 0 Å². The molecule has 2 rings (SSSR count). The zero-order valence-electron chi connectivity index (χ0n) is 7.19. The van der Waals surface area contributed by atoms with Gasteiger partial charge in [0.15, 0.2) is 11.2 Å². The van der Waals surface area contributed by atoms with Gasteiger partial charge in [-0.3, -0.25) is 9.69 Å². The topological polar surface area (TPSA) is 67.9 Å². The molecule has 6 nitrogen and oxygen atoms in total. The van der Waals surface area contributed by atoms with Crippen molar-refractivity contribution in [3.05, 3.63) is 0 Å². The molecule has 2 aliphatic heterocycles. The van der Waals surface area contributed by atoms with Crippen LogP contribution in [0.15, 0.2) is 0 Å². The monoisotopic (exact) mass is 216 g/mol. The van der Waals surface area contributed by atoms with Crippen molar-refractivity contribution in [2.45, 2.75) is 6.10 Å². The highest BCUT2D eigenvalue weighted by molar-refractivity contribution is 7.80. The summed E-state index contributed by atoms with van der Waals surface area (Å²) in [4.78, 5) is 23.2. The number of carbonyl (C=O) groups is 2. The summed E-state index contributed by atoms with van der Waals surface area (Å²) in [5, 5.41) is 3.10. The molecule has 2 aliphatic rings. The first kappa shape index (κ1) is 9.20. The van der Waals surface area contributed by atoms with E-state index in [1.54, 1.807) is 0 Å². The Morgan fingerprint density at radius 2 is 2.36 bits per heavy atom. The van der Waals surface area contributed by atoms with Crippen LogP contribution in [-0.2, 0) is 14.3 Å². The maximum atomic E-state index is 11.2. The van der Waals surface area contributed by atoms with Gasteiger partial charge in [0.1, 0.15) is 6.61 Å². The quantitative estimate of drug-likeness (QED) is 0.483. The lowest BCUT2D eigenvalue weighted by Gasteiger charge is -2.16. The number of thiocarbonyl (C=S) groups is 1. The van der Waals surface area contributed by atoms with Crippen LogP contribution in [0.25, 0.3) is 0 Å². The normalized spacial score (nSPS) is 26.1. The van der Waals surface area contributed by atoms with Gasteiger partial charge in [0, 0.05) is 0 Å². The predicted molar refractivity (Wildman–Crippen MR) is 48.5 cm³/mol. The van der Waals surface area contributed by atoms with Gasteiger partial charge in [-0.2, -0.15) is 0 Å². The lowest BCUT2D eigenvalue weighted by atomic mass is 10.3. The lowest BCUT2D eigenvalue weighted by Crippen LogP contribution is -2.38. The first-order chi connectivity index (χ1) is 6.66. The molecule has 0 saturated carbocycles. The van der Waals surface area contributed by atoms with Gasteiger partial charge in [0.2, 0.25) is 5.91 Å². The Labute approximate surface area is 85.1 Å². The van der Waals surface area contributed by atoms with E-state index < -0.39 is 12.3 Å². The molecule has 2 heterocycles. The molecular formula is C7H8N2O4S. The summed E-state index contributed by atoms with van der Waals surface area (Å²) in [5.74, 6) is -0.113. The van der Waals surface area contributed by atoms with Gasteiger partial charge in [0.25, 0.3) is 0 Å². The van der Waals surface area contributed by atoms with Crippen molar-refractivity contribution in [3.63, 3.8) is 0 Å². The second-order valence-corrected chi connectivity index (χ2v) is 3.35. The molecule has 0 aliphatic carbocycles. The minimum absolute atomic E-state index is 0.113. The molecule has 1 atom stereocenters. The highest BCUT2D eigenvalue weighted by Gasteiger charge is 2.33. The highest BCUT2D eigenvalue weighted by atomic mass is 32.1. The molecule has 0 radical (unpaired) electrons. The van der Waals surface area contributed by atoms with Gasteiger partial charge in [-0.1, -0.05) is 0 Å². The van der Waals surface area contributed by atoms with E-state index in [0.717, 1.165) is 0 Å². The number of amides is 1. The molecule has 2 saturated heterocycles. The van der Waals surface area contributed by atoms with E-state index in [1.165, 1.54) is 4.90 Å². The predicted octanol–water partition coefficient (Wildman–Crippen LogP) is -0.762. The zero-order chi connectivity index (χ0) is 10.1. The standard InChI is InChI=1S/C7H8N2O4S/c10-5-1-8-6(14)9(5)2-4-3-12-7(11)13-4/h4H,1-3H2,(H,8,14). The van der Waals surface area contributed by atoms with Crippen molar-refractivity contribution >= 4 is 29.4 Å². The number of ether oxygens (including phenoxy) is 2. The number of hydrogen-bond acceptors (Lipinski definition) is 5. The summed E-state index contributed by atoms with van der Waals surface area (Å²) in [6, 6.07) is 0. The van der Waals surface area contributed by atoms with Crippen molar-refractivity contribution < 1.29 is 19.1 Å². The van der Waals surface area contributed by atoms with Gasteiger partial charge < -0.3 is 14.8 Å². The van der Waals surface area contributed by atoms with Crippen LogP contribution in [-0.4, -0.2) is 47.9 Å². The van der Waals surface area contributed by atoms with Gasteiger partial charge in [-0.05, 0) is 12.2 Å². The van der Waals surface area contributed by atoms with Crippen LogP contribution in [0.5, 0.6) is 0 Å². The van der Waals surface area contributed by atoms with Crippen LogP contribution in [0.4, 0.5) is 4.79 Å². The molecule has 0 aromatic rings. The third-order valence-electron chi connectivity index (χ3n) is 1.97. The van der Waals surface area contributed by atoms with Gasteiger partial charge in [-0.25, -0.2) is 4.79 Å². The molecule has 76 valence electrons. The molecule has 1 amide bonds. The second-order valence-electron chi connectivity index (χ2n) is 2.96. The summed E-state index contributed by atoms with van der Waals surface area (Å²) >= 11 is 4.89. The van der Waals surface area contributed by atoms with Gasteiger partial charge >= 0.3 is 6.16 Å². The van der Waals surface area contributed by atoms with Crippen molar-refractivity contribution in [1.82, 2.24) is 10.2 Å². The first-order valence-corrected chi connectivity index (χ1v) is 4.49. The minimum Gasteiger partial charge on any atom is -0.430 e. The summed E-state index contributed by atoms with van der Waals surface area (Å²) in [7, 11) is 0. The summed E-state index contributed by atoms with van der Waals surface area (Å²) < 4.78 is 9.36. The maximum absolute atomic E-state index is 11.2. The SMILES string of the molecule is O=C1OCC(CN2C(=O)CNC2=S)O1. The Morgan fingerprint density at radius 3 is 2.86 bits per heavy atom. The fourth-order valence-electron chi connectivity index (χ4n) is 1.30. The summed E-state index contributed by atoms with van der Waals surface area (Å²) in [6.07, 6.45) is -1.11. The Kier molecular flexibility index (Phi) is 2.24. The third-order valence-corrected chi connectivity index (χ3v) is 2.34. The van der Waals surface area contributed by atoms with Crippen LogP contribution in [0.1, 0.15) is 0 Å². The average molecular weight is 216 g/mol. The van der Waals surface area contributed by atoms with E-state index in [0.29, 0.717) is 5.11 Å². The van der Waals surface area contributed by atoms with E-state index in [-0.39, 0.29) is 25.6 Å². The number of nitrogens with one attached hydrogen (secondary N) is 1. The minimum atomic E-state index is -0.694. The Morgan fingerprint density at radius 1 is 1.57 bits per heavy atom. The average Bonchev–Trinajstić information content (AvgIpc) is 2.67. The fourth-order valence-corrected chi connectivity index (χ4v) is 1.55. The van der Waals surface area contributed by atoms with E-state index >= 15 is 0 Å². The molecule has 0 spiro atoms. The Hall–Kier alpha value is -1.37. The van der Waals surface area contributed by atoms with Crippen LogP contribution in [0.2, 0.25) is 0 Å². The number of cyclic esters (lactones) is 2. The van der Waals surface area contributed by atoms with E-state index in [9.17, 15) is 9.59 Å². The molecule has 0 bridgehead atoms. The van der Waals surface area contributed by atoms with Crippen molar-refractivity contribution in [2.24, 2.45) is 0 Å². The first-order valence-electron chi connectivity index (χ1n) is 4.08. The van der Waals surface area contributed by atoms with E-state index in [1.807, 2.05) is 0 Å². The third kappa shape index (κ3) is 1.63. The number of hydrogen-bond donors (Lipinski definition) is 1. The molecule has 14 heavy (non-hydrogen) atoms. The summed E-state index contributed by atoms with van der Waals surface area (Å²) in [6.45, 7) is 0.641. The molecule has 0 aromatic heterocycles. The number of rotatable bonds is 2. The molecule has 2 fully saturated rings. The van der Waals surface area contributed by atoms with Crippen LogP contribution in [0, 0.1) is 0 Å². The zero-order valence-corrected chi connectivity index (χ0v) is 8.00. The van der Waals surface area contributed by atoms with Crippen LogP contribution in [0.3, 0.4) is 0 Å². The Balaban J connectivity index is 1.93. The number of carbonyl (C=O) groups excluding carboxylic acids is 2. The van der Waals surface area contributed by atoms with Crippen LogP contribution >= 0.6 is 12.2 Å². The van der Waals surface area contributed by atoms with Gasteiger partial charge in [-0.15, -0.1) is 0 Å². The largest absolute Gasteiger partial charge is 0.508 e. The van der Waals surface area contributed by atoms with Crippen molar-refractivity contribution in [3.8, 4) is 0 Å².